The lowest BCUT2D eigenvalue weighted by atomic mass is 10.2. The number of ether oxygens (including phenoxy) is 1. The summed E-state index contributed by atoms with van der Waals surface area (Å²) >= 11 is 0. The maximum absolute atomic E-state index is 12.2. The molecule has 0 bridgehead atoms. The van der Waals surface area contributed by atoms with Crippen LogP contribution < -0.4 is 10.6 Å². The van der Waals surface area contributed by atoms with Crippen LogP contribution >= 0.6 is 0 Å². The number of carbonyl (C=O) groups is 3. The van der Waals surface area contributed by atoms with Gasteiger partial charge >= 0.3 is 6.09 Å². The number of imide groups is 1. The van der Waals surface area contributed by atoms with Gasteiger partial charge < -0.3 is 24.9 Å². The molecule has 0 aliphatic carbocycles. The lowest BCUT2D eigenvalue weighted by molar-refractivity contribution is -0.137. The van der Waals surface area contributed by atoms with Gasteiger partial charge in [0.25, 0.3) is 11.8 Å². The van der Waals surface area contributed by atoms with Crippen molar-refractivity contribution < 1.29 is 28.6 Å². The summed E-state index contributed by atoms with van der Waals surface area (Å²) in [4.78, 5) is 41.3. The monoisotopic (exact) mass is 442 g/mol. The van der Waals surface area contributed by atoms with E-state index in [1.165, 1.54) is 6.08 Å². The van der Waals surface area contributed by atoms with Gasteiger partial charge in [0.2, 0.25) is 5.89 Å². The second-order valence-corrected chi connectivity index (χ2v) is 8.16. The molecular weight excluding hydrogens is 416 g/mol. The van der Waals surface area contributed by atoms with Crippen LogP contribution in [0.1, 0.15) is 32.2 Å². The highest BCUT2D eigenvalue weighted by atomic mass is 16.6. The van der Waals surface area contributed by atoms with E-state index in [2.05, 4.69) is 15.6 Å². The summed E-state index contributed by atoms with van der Waals surface area (Å²) in [5.74, 6) is 0.00230. The summed E-state index contributed by atoms with van der Waals surface area (Å²) in [6.07, 6.45) is 0.663. The van der Waals surface area contributed by atoms with Crippen molar-refractivity contribution in [2.75, 3.05) is 18.5 Å². The van der Waals surface area contributed by atoms with Gasteiger partial charge in [0.05, 0.1) is 19.7 Å². The molecule has 0 saturated heterocycles. The Hall–Kier alpha value is -3.66. The fraction of sp³-hybridized carbons (Fsp3) is 0.364. The van der Waals surface area contributed by atoms with Gasteiger partial charge in [-0.25, -0.2) is 9.78 Å². The molecule has 1 aliphatic rings. The first kappa shape index (κ1) is 23.0. The number of hydrogen-bond donors (Lipinski definition) is 3. The van der Waals surface area contributed by atoms with Crippen LogP contribution in [0.4, 0.5) is 10.5 Å². The van der Waals surface area contributed by atoms with E-state index in [0.29, 0.717) is 28.6 Å². The standard InChI is InChI=1S/C22H26N4O6/c1-13-17(12-23-21(30)32-22(2,3)4)25-19(31-13)14-5-7-15(8-6-14)24-16-11-18(28)26(9-10-27)20(16)29/h5-8,11,24,27H,9-10,12H2,1-4H3,(H,23,30). The van der Waals surface area contributed by atoms with Gasteiger partial charge in [-0.1, -0.05) is 0 Å². The molecule has 0 saturated carbocycles. The van der Waals surface area contributed by atoms with Crippen LogP contribution in [-0.2, 0) is 20.9 Å². The van der Waals surface area contributed by atoms with Crippen molar-refractivity contribution in [1.29, 1.82) is 0 Å². The lowest BCUT2D eigenvalue weighted by Crippen LogP contribution is -2.34. The molecule has 0 atom stereocenters. The van der Waals surface area contributed by atoms with Gasteiger partial charge in [0, 0.05) is 17.3 Å². The molecular formula is C22H26N4O6. The Balaban J connectivity index is 1.64. The zero-order valence-electron chi connectivity index (χ0n) is 18.4. The van der Waals surface area contributed by atoms with Crippen LogP contribution in [0.3, 0.4) is 0 Å². The molecule has 3 amide bonds. The Bertz CT molecular complexity index is 1050. The number of nitrogens with one attached hydrogen (secondary N) is 2. The fourth-order valence-electron chi connectivity index (χ4n) is 2.95. The van der Waals surface area contributed by atoms with Crippen molar-refractivity contribution in [3.8, 4) is 11.5 Å². The summed E-state index contributed by atoms with van der Waals surface area (Å²) in [7, 11) is 0. The van der Waals surface area contributed by atoms with E-state index in [0.717, 1.165) is 4.90 Å². The normalized spacial score (nSPS) is 13.9. The number of amides is 3. The van der Waals surface area contributed by atoms with E-state index in [-0.39, 0.29) is 25.4 Å². The van der Waals surface area contributed by atoms with E-state index in [4.69, 9.17) is 14.3 Å². The van der Waals surface area contributed by atoms with E-state index in [9.17, 15) is 14.4 Å². The first-order valence-electron chi connectivity index (χ1n) is 10.1. The predicted molar refractivity (Wildman–Crippen MR) is 115 cm³/mol. The van der Waals surface area contributed by atoms with Gasteiger partial charge in [0.1, 0.15) is 22.8 Å². The van der Waals surface area contributed by atoms with Crippen molar-refractivity contribution in [1.82, 2.24) is 15.2 Å². The highest BCUT2D eigenvalue weighted by Gasteiger charge is 2.30. The third-order valence-corrected chi connectivity index (χ3v) is 4.44. The molecule has 1 aliphatic heterocycles. The van der Waals surface area contributed by atoms with Crippen molar-refractivity contribution in [2.45, 2.75) is 39.8 Å². The van der Waals surface area contributed by atoms with Crippen molar-refractivity contribution in [3.05, 3.63) is 47.5 Å². The Morgan fingerprint density at radius 1 is 1.22 bits per heavy atom. The predicted octanol–water partition coefficient (Wildman–Crippen LogP) is 2.33. The first-order chi connectivity index (χ1) is 15.1. The Morgan fingerprint density at radius 2 is 1.91 bits per heavy atom. The molecule has 0 unspecified atom stereocenters. The largest absolute Gasteiger partial charge is 0.444 e. The number of alkyl carbamates (subject to hydrolysis) is 1. The van der Waals surface area contributed by atoms with Gasteiger partial charge in [-0.15, -0.1) is 0 Å². The van der Waals surface area contributed by atoms with Crippen LogP contribution in [-0.4, -0.2) is 51.7 Å². The highest BCUT2D eigenvalue weighted by molar-refractivity contribution is 6.17. The number of aromatic nitrogens is 1. The molecule has 0 spiro atoms. The van der Waals surface area contributed by atoms with E-state index in [1.807, 2.05) is 0 Å². The number of nitrogens with zero attached hydrogens (tertiary/aromatic N) is 2. The Morgan fingerprint density at radius 3 is 2.53 bits per heavy atom. The zero-order valence-corrected chi connectivity index (χ0v) is 18.4. The Kier molecular flexibility index (Phi) is 6.64. The number of rotatable bonds is 7. The minimum Gasteiger partial charge on any atom is -0.444 e. The molecule has 3 rings (SSSR count). The second-order valence-electron chi connectivity index (χ2n) is 8.16. The molecule has 170 valence electrons. The molecule has 1 aromatic heterocycles. The maximum Gasteiger partial charge on any atom is 0.407 e. The van der Waals surface area contributed by atoms with E-state index < -0.39 is 23.5 Å². The molecule has 32 heavy (non-hydrogen) atoms. The number of aryl methyl sites for hydroxylation is 1. The zero-order chi connectivity index (χ0) is 23.5. The molecule has 0 radical (unpaired) electrons. The minimum atomic E-state index is -0.590. The number of aliphatic hydroxyl groups is 1. The van der Waals surface area contributed by atoms with Crippen LogP contribution in [0.25, 0.3) is 11.5 Å². The smallest absolute Gasteiger partial charge is 0.407 e. The quantitative estimate of drug-likeness (QED) is 0.556. The SMILES string of the molecule is Cc1oc(-c2ccc(NC3=CC(=O)N(CCO)C3=O)cc2)nc1CNC(=O)OC(C)(C)C. The molecule has 2 heterocycles. The van der Waals surface area contributed by atoms with Crippen LogP contribution in [0.15, 0.2) is 40.5 Å². The minimum absolute atomic E-state index is 0.0487. The fourth-order valence-corrected chi connectivity index (χ4v) is 2.95. The second kappa shape index (κ2) is 9.23. The maximum atomic E-state index is 12.2. The van der Waals surface area contributed by atoms with Crippen LogP contribution in [0.2, 0.25) is 0 Å². The van der Waals surface area contributed by atoms with Gasteiger partial charge in [-0.2, -0.15) is 0 Å². The van der Waals surface area contributed by atoms with Gasteiger partial charge in [0.15, 0.2) is 0 Å². The number of benzene rings is 1. The number of β-amino-alcohol motifs (C(OH)–C–C–N with tert-alkyl or cyclic N) is 1. The van der Waals surface area contributed by atoms with Crippen molar-refractivity contribution in [3.63, 3.8) is 0 Å². The third-order valence-electron chi connectivity index (χ3n) is 4.44. The first-order valence-corrected chi connectivity index (χ1v) is 10.1. The average molecular weight is 442 g/mol. The molecule has 0 fully saturated rings. The summed E-state index contributed by atoms with van der Waals surface area (Å²) in [6, 6.07) is 6.96. The van der Waals surface area contributed by atoms with Crippen LogP contribution in [0, 0.1) is 6.92 Å². The highest BCUT2D eigenvalue weighted by Crippen LogP contribution is 2.25. The van der Waals surface area contributed by atoms with E-state index in [1.54, 1.807) is 52.0 Å². The van der Waals surface area contributed by atoms with Gasteiger partial charge in [-0.3, -0.25) is 14.5 Å². The molecule has 10 heteroatoms. The number of aliphatic hydroxyl groups excluding tert-OH is 1. The number of carbonyl (C=O) groups excluding carboxylic acids is 3. The van der Waals surface area contributed by atoms with Crippen molar-refractivity contribution in [2.24, 2.45) is 0 Å². The van der Waals surface area contributed by atoms with Crippen LogP contribution in [0.5, 0.6) is 0 Å². The number of oxazole rings is 1. The Labute approximate surface area is 185 Å². The van der Waals surface area contributed by atoms with E-state index >= 15 is 0 Å². The number of hydrogen-bond acceptors (Lipinski definition) is 8. The van der Waals surface area contributed by atoms with Gasteiger partial charge in [-0.05, 0) is 52.0 Å². The van der Waals surface area contributed by atoms with Crippen molar-refractivity contribution >= 4 is 23.6 Å². The summed E-state index contributed by atoms with van der Waals surface area (Å²) in [6.45, 7) is 6.93. The molecule has 10 nitrogen and oxygen atoms in total. The molecule has 1 aromatic carbocycles. The summed E-state index contributed by atoms with van der Waals surface area (Å²) in [5.41, 5.74) is 1.43. The average Bonchev–Trinajstić information content (AvgIpc) is 3.20. The molecule has 3 N–H and O–H groups in total. The molecule has 2 aromatic rings. The number of anilines is 1. The summed E-state index contributed by atoms with van der Waals surface area (Å²) < 4.78 is 10.9. The third kappa shape index (κ3) is 5.52. The topological polar surface area (TPSA) is 134 Å². The lowest BCUT2D eigenvalue weighted by Gasteiger charge is -2.19. The summed E-state index contributed by atoms with van der Waals surface area (Å²) in [5, 5.41) is 14.5.